The van der Waals surface area contributed by atoms with E-state index < -0.39 is 191 Å². The van der Waals surface area contributed by atoms with E-state index in [1.807, 2.05) is 107 Å². The van der Waals surface area contributed by atoms with E-state index in [-0.39, 0.29) is 87.7 Å². The number of nitrogens with zero attached hydrogens (tertiary/aromatic N) is 7. The first-order valence-electron chi connectivity index (χ1n) is 49.4. The molecule has 0 aromatic heterocycles. The van der Waals surface area contributed by atoms with Crippen LogP contribution in [-0.4, -0.2) is 295 Å². The number of allylic oxidation sites excluding steroid dienone is 2. The van der Waals surface area contributed by atoms with Crippen LogP contribution in [0.25, 0.3) is 38.9 Å². The Morgan fingerprint density at radius 2 is 1.38 bits per heavy atom. The van der Waals surface area contributed by atoms with Crippen LogP contribution in [0.1, 0.15) is 179 Å². The molecule has 4 fully saturated rings. The number of Topliss-reactive ketones (excluding diaryl/α,β-unsaturated/α-hetero) is 2. The first-order chi connectivity index (χ1) is 67.7. The molecule has 27 atom stereocenters. The number of likely N-dealkylation sites (N-methyl/N-ethyl adjacent to an activating group) is 2. The molecule has 36 heteroatoms. The number of ketones is 2. The van der Waals surface area contributed by atoms with E-state index in [2.05, 4.69) is 57.2 Å². The van der Waals surface area contributed by atoms with Gasteiger partial charge < -0.3 is 123 Å². The minimum absolute atomic E-state index is 0.0559. The number of phenolic OH excluding ortho intramolecular Hbond substituents is 3. The third-order valence-electron chi connectivity index (χ3n) is 29.4. The first kappa shape index (κ1) is 115. The van der Waals surface area contributed by atoms with Crippen LogP contribution in [0.15, 0.2) is 131 Å². The van der Waals surface area contributed by atoms with Crippen molar-refractivity contribution < 1.29 is 122 Å². The Morgan fingerprint density at radius 3 is 1.99 bits per heavy atom. The van der Waals surface area contributed by atoms with Crippen molar-refractivity contribution in [1.29, 1.82) is 0 Å². The molecule has 1 aliphatic carbocycles. The van der Waals surface area contributed by atoms with Crippen molar-refractivity contribution in [3.63, 3.8) is 0 Å². The predicted molar refractivity (Wildman–Crippen MR) is 550 cm³/mol. The van der Waals surface area contributed by atoms with E-state index in [4.69, 9.17) is 85.3 Å². The Hall–Kier alpha value is -9.80. The lowest BCUT2D eigenvalue weighted by Gasteiger charge is -2.50. The number of hydrogen-bond donors (Lipinski definition) is 11. The van der Waals surface area contributed by atoms with Crippen molar-refractivity contribution >= 4 is 97.7 Å². The summed E-state index contributed by atoms with van der Waals surface area (Å²) in [5.74, 6) is -12.8. The predicted octanol–water partition coefficient (Wildman–Crippen LogP) is 14.3. The molecule has 9 aliphatic rings. The molecular weight excluding hydrogens is 1890 g/mol. The fourth-order valence-corrected chi connectivity index (χ4v) is 20.6. The number of nitrogens with one attached hydrogen (secondary N) is 2. The number of hydrogen-bond acceptors (Lipinski definition) is 32. The van der Waals surface area contributed by atoms with Crippen molar-refractivity contribution in [2.45, 2.75) is 285 Å². The van der Waals surface area contributed by atoms with E-state index in [0.29, 0.717) is 29.6 Å². The largest absolute Gasteiger partial charge is 0.507 e. The Balaban J connectivity index is 0.000000213. The van der Waals surface area contributed by atoms with Crippen molar-refractivity contribution in [2.75, 3.05) is 79.3 Å². The molecule has 5 bridgehead atoms. The zero-order valence-corrected chi connectivity index (χ0v) is 89.0. The standard InChI is InChI=1S/C43H58N4O12.C38H69NO13.C27H22Cl2N4/c1-21-12-11-13-22(2)42(55)45-33-28(20-44-47-17-15-46(9)16-18-47)37(52)30-31(38(33)53)36(51)26(6)40-32(30)41(54)43(8,59-40)57-19-14-29(56-10)23(3)39(58-27(7)48)25(5)35(50)24(4)34(21)49;1-15-26-38(10,45)31(42)21(4)28(40)19(2)17-37(9,47-14)33(52-35-29(41)25(39(11)12)16-20(3)48-35)22(5)30(23(6)34(44)50-26)51-27-18-36(8,46-13)32(43)24(7)49-27;1-17(2)30-24-16-27-25(15-23(24)31-20-11-7-18(28)8-12-20)32-22-5-3-4-6-26(22)33(27)21-13-9-19(29)10-14-21/h11-14,19-21,23-25,29,34-35,39,49-53H,15-18H2,1-10H3,(H,45,55);19-27,29-33,35,41-43,45H,15-18H2,1-14H3;3-17,31H,1-2H3/b12-11+,19-14+,22-13-,44-20-;;/t21-,23-,24+,25+,29-,34+,35+,39+,43-;19-,20-,21+,22+,23-,24+,25+,26-,27+,29-,30+,31-,32+,33-,35+,36-,37-,38-;/m01./s1. The van der Waals surface area contributed by atoms with Crippen LogP contribution >= 0.6 is 23.2 Å². The molecule has 0 radical (unpaired) electrons. The molecule has 8 aliphatic heterocycles. The molecule has 5 aromatic rings. The van der Waals surface area contributed by atoms with Crippen LogP contribution in [0.3, 0.4) is 0 Å². The molecule has 14 rings (SSSR count). The number of anilines is 3. The van der Waals surface area contributed by atoms with Gasteiger partial charge in [-0.25, -0.2) is 4.98 Å². The second kappa shape index (κ2) is 48.0. The molecule has 0 unspecified atom stereocenters. The minimum Gasteiger partial charge on any atom is -0.507 e. The lowest BCUT2D eigenvalue weighted by atomic mass is 9.74. The molecule has 0 saturated carbocycles. The lowest BCUT2D eigenvalue weighted by Crippen LogP contribution is -2.61. The Morgan fingerprint density at radius 1 is 0.736 bits per heavy atom. The van der Waals surface area contributed by atoms with E-state index in [1.54, 1.807) is 93.3 Å². The van der Waals surface area contributed by atoms with Gasteiger partial charge in [-0.2, -0.15) is 5.10 Å². The van der Waals surface area contributed by atoms with Gasteiger partial charge in [0.25, 0.3) is 11.7 Å². The summed E-state index contributed by atoms with van der Waals surface area (Å²) < 4.78 is 69.7. The summed E-state index contributed by atoms with van der Waals surface area (Å²) in [6.45, 7) is 36.3. The summed E-state index contributed by atoms with van der Waals surface area (Å²) in [6, 6.07) is 27.6. The van der Waals surface area contributed by atoms with Gasteiger partial charge in [0.05, 0.1) is 134 Å². The van der Waals surface area contributed by atoms with Crippen LogP contribution < -0.4 is 20.7 Å². The molecule has 1 amide bonds. The van der Waals surface area contributed by atoms with Crippen molar-refractivity contribution in [3.8, 4) is 40.1 Å². The average Bonchev–Trinajstić information content (AvgIpc) is 1.54. The van der Waals surface area contributed by atoms with Crippen LogP contribution in [0.2, 0.25) is 10.0 Å². The van der Waals surface area contributed by atoms with Gasteiger partial charge in [-0.15, -0.1) is 0 Å². The number of cyclic esters (lactones) is 1. The van der Waals surface area contributed by atoms with Gasteiger partial charge in [-0.1, -0.05) is 109 Å². The fraction of sp³-hybridized carbons (Fsp3) is 0.574. The number of ether oxygens (including phenoxy) is 11. The number of hydrazone groups is 1. The van der Waals surface area contributed by atoms with Crippen LogP contribution in [0.5, 0.6) is 23.0 Å². The average molecular weight is 2040 g/mol. The topological polar surface area (TPSA) is 445 Å². The van der Waals surface area contributed by atoms with Crippen LogP contribution in [0, 0.1) is 54.3 Å². The van der Waals surface area contributed by atoms with Crippen molar-refractivity contribution in [3.05, 3.63) is 153 Å². The molecule has 790 valence electrons. The number of aromatic hydroxyl groups is 3. The summed E-state index contributed by atoms with van der Waals surface area (Å²) in [6.07, 6.45) is -3.87. The number of halogens is 2. The zero-order valence-electron chi connectivity index (χ0n) is 87.5. The number of methoxy groups -OCH3 is 3. The number of fused-ring (bicyclic) bond motifs is 16. The third-order valence-corrected chi connectivity index (χ3v) is 29.9. The summed E-state index contributed by atoms with van der Waals surface area (Å²) >= 11 is 12.2. The minimum atomic E-state index is -2.04. The smallest absolute Gasteiger partial charge is 0.312 e. The van der Waals surface area contributed by atoms with Gasteiger partial charge in [-0.3, -0.25) is 34.0 Å². The Kier molecular flexibility index (Phi) is 38.2. The van der Waals surface area contributed by atoms with Crippen LogP contribution in [-0.2, 0) is 66.5 Å². The number of carbonyl (C=O) groups excluding carboxylic acids is 5. The normalized spacial score (nSPS) is 33.6. The van der Waals surface area contributed by atoms with E-state index >= 15 is 0 Å². The third kappa shape index (κ3) is 25.3. The van der Waals surface area contributed by atoms with Gasteiger partial charge in [0, 0.05) is 159 Å². The highest BCUT2D eigenvalue weighted by molar-refractivity contribution is 6.31. The number of para-hydroxylation sites is 2. The number of carbonyl (C=O) groups is 5. The van der Waals surface area contributed by atoms with E-state index in [0.717, 1.165) is 57.9 Å². The molecule has 5 aromatic carbocycles. The highest BCUT2D eigenvalue weighted by Crippen LogP contribution is 2.56. The number of aliphatic hydroxyl groups is 6. The lowest BCUT2D eigenvalue weighted by molar-refractivity contribution is -0.319. The molecule has 11 N–H and O–H groups in total. The Bertz CT molecular complexity index is 5830. The van der Waals surface area contributed by atoms with E-state index in [1.165, 1.54) is 80.6 Å². The summed E-state index contributed by atoms with van der Waals surface area (Å²) in [5.41, 5.74) is 2.00. The Labute approximate surface area is 854 Å². The number of phenols is 3. The number of rotatable bonds is 16. The quantitative estimate of drug-likeness (QED) is 0.0141. The van der Waals surface area contributed by atoms with Crippen LogP contribution in [0.4, 0.5) is 17.1 Å². The number of aliphatic hydroxyl groups excluding tert-OH is 5. The number of benzene rings is 6. The second-order valence-electron chi connectivity index (χ2n) is 40.9. The van der Waals surface area contributed by atoms with E-state index in [9.17, 15) is 69.9 Å². The monoisotopic (exact) mass is 2040 g/mol. The van der Waals surface area contributed by atoms with Gasteiger partial charge in [-0.05, 0) is 189 Å². The van der Waals surface area contributed by atoms with Gasteiger partial charge in [0.15, 0.2) is 18.3 Å². The highest BCUT2D eigenvalue weighted by atomic mass is 35.5. The molecular formula is C108H149Cl2N9O25. The molecule has 0 spiro atoms. The fourth-order valence-electron chi connectivity index (χ4n) is 20.4. The van der Waals surface area contributed by atoms with Crippen molar-refractivity contribution in [1.82, 2.24) is 24.4 Å². The molecule has 34 nitrogen and oxygen atoms in total. The van der Waals surface area contributed by atoms with Crippen molar-refractivity contribution in [2.24, 2.45) is 57.4 Å². The molecule has 144 heavy (non-hydrogen) atoms. The summed E-state index contributed by atoms with van der Waals surface area (Å²) in [5, 5.41) is 118. The SMILES string of the molecule is CC(C)N=c1cc2n(-c3ccc(Cl)cc3)c3ccccc3nc-2cc1Nc1ccc(Cl)cc1.CC[C@H]1OC(=O)[C@H](C)[C@@H](O[C@H]2C[C@@](C)(OC)[C@@H](O)[C@H](C)O2)[C@H](C)[C@@H](O[C@@H]2O[C@H](C)C[C@H](N(C)C)[C@H]2O)[C@](C)(OC)C[C@@H](C)C(=O)[C@H](C)[C@@H](O)[C@]1(C)O.CO[C@H]1/C=C/O[C@@]2(C)Oc3c(C)c(O)c4c(O)c(c(/C=N\N5CCN(C)CC5)c(O)c4c3C2=O)NC(=O)/C(C)=C\C=C\[C@H](C)[C@@H](O)[C@@H](C)[C@@H](O)[C@@H](C)[C@H](OC(C)=O)[C@H]1C. The number of piperazine rings is 1. The van der Waals surface area contributed by atoms with Gasteiger partial charge >= 0.3 is 17.7 Å². The van der Waals surface area contributed by atoms with Gasteiger partial charge in [0.1, 0.15) is 53.0 Å². The zero-order chi connectivity index (χ0) is 106. The number of esters is 2. The highest BCUT2D eigenvalue weighted by Gasteiger charge is 2.56. The maximum atomic E-state index is 14.4. The maximum Gasteiger partial charge on any atom is 0.312 e. The number of aromatic nitrogens is 2. The molecule has 8 heterocycles. The van der Waals surface area contributed by atoms with Gasteiger partial charge in [0.2, 0.25) is 0 Å². The first-order valence-corrected chi connectivity index (χ1v) is 50.2. The summed E-state index contributed by atoms with van der Waals surface area (Å²) in [7, 11) is 10.2. The second-order valence-corrected chi connectivity index (χ2v) is 41.7. The summed E-state index contributed by atoms with van der Waals surface area (Å²) in [4.78, 5) is 82.6. The molecule has 4 saturated heterocycles. The maximum absolute atomic E-state index is 14.4. The number of amides is 1.